The van der Waals surface area contributed by atoms with Crippen molar-refractivity contribution in [3.63, 3.8) is 0 Å². The topological polar surface area (TPSA) is 34.5 Å². The van der Waals surface area contributed by atoms with E-state index in [9.17, 15) is 13.2 Å². The van der Waals surface area contributed by atoms with E-state index in [1.807, 2.05) is 0 Å². The molecule has 18 heavy (non-hydrogen) atoms. The molecular weight excluding hydrogens is 309 g/mol. The van der Waals surface area contributed by atoms with Gasteiger partial charge in [-0.1, -0.05) is 28.5 Å². The molecule has 0 amide bonds. The van der Waals surface area contributed by atoms with Gasteiger partial charge in [0.2, 0.25) is 0 Å². The van der Waals surface area contributed by atoms with Crippen molar-refractivity contribution in [3.05, 3.63) is 21.9 Å². The summed E-state index contributed by atoms with van der Waals surface area (Å²) in [7, 11) is 1.39. The molecule has 0 aliphatic carbocycles. The molecule has 0 radical (unpaired) electrons. The van der Waals surface area contributed by atoms with Gasteiger partial charge in [0.1, 0.15) is 12.3 Å². The van der Waals surface area contributed by atoms with E-state index in [0.29, 0.717) is 9.22 Å². The lowest BCUT2D eigenvalue weighted by Crippen LogP contribution is -1.82. The minimum absolute atomic E-state index is 0.161. The molecule has 1 aromatic rings. The molecule has 0 bridgehead atoms. The molecule has 1 rings (SSSR count). The van der Waals surface area contributed by atoms with Crippen molar-refractivity contribution in [1.29, 1.82) is 0 Å². The first-order valence-electron chi connectivity index (χ1n) is 4.60. The van der Waals surface area contributed by atoms with Crippen LogP contribution in [-0.2, 0) is 4.84 Å². The Bertz CT molecular complexity index is 461. The molecular formula is C9H8ClF3N2OS2. The van der Waals surface area contributed by atoms with Gasteiger partial charge in [-0.15, -0.1) is 11.3 Å². The van der Waals surface area contributed by atoms with E-state index in [1.165, 1.54) is 24.7 Å². The van der Waals surface area contributed by atoms with Crippen molar-refractivity contribution in [3.8, 4) is 0 Å². The lowest BCUT2D eigenvalue weighted by molar-refractivity contribution is 0.215. The Balaban J connectivity index is 2.54. The normalized spacial score (nSPS) is 10.9. The van der Waals surface area contributed by atoms with Crippen LogP contribution in [0.2, 0.25) is 5.15 Å². The van der Waals surface area contributed by atoms with Crippen LogP contribution in [0.5, 0.6) is 0 Å². The SMILES string of the molecule is CON=Cc1sc(SCCC(F)=C(F)F)nc1Cl. The second kappa shape index (κ2) is 7.65. The molecule has 0 aliphatic rings. The second-order valence-corrected chi connectivity index (χ2v) is 5.55. The lowest BCUT2D eigenvalue weighted by atomic mass is 10.4. The molecule has 3 nitrogen and oxygen atoms in total. The molecule has 100 valence electrons. The number of hydrogen-bond donors (Lipinski definition) is 0. The molecule has 0 aromatic carbocycles. The molecule has 1 aromatic heterocycles. The largest absolute Gasteiger partial charge is 0.399 e. The summed E-state index contributed by atoms with van der Waals surface area (Å²) in [5.74, 6) is -1.24. The van der Waals surface area contributed by atoms with Gasteiger partial charge in [0.15, 0.2) is 10.2 Å². The number of halogens is 4. The van der Waals surface area contributed by atoms with E-state index in [4.69, 9.17) is 11.6 Å². The first-order chi connectivity index (χ1) is 8.54. The molecule has 0 fully saturated rings. The van der Waals surface area contributed by atoms with E-state index < -0.39 is 11.9 Å². The summed E-state index contributed by atoms with van der Waals surface area (Å²) in [5, 5.41) is 3.78. The maximum absolute atomic E-state index is 12.5. The van der Waals surface area contributed by atoms with Crippen LogP contribution in [0.4, 0.5) is 13.2 Å². The third-order valence-electron chi connectivity index (χ3n) is 1.62. The molecule has 0 aliphatic heterocycles. The maximum atomic E-state index is 12.5. The molecule has 1 heterocycles. The highest BCUT2D eigenvalue weighted by molar-refractivity contribution is 8.01. The lowest BCUT2D eigenvalue weighted by Gasteiger charge is -1.94. The minimum Gasteiger partial charge on any atom is -0.399 e. The van der Waals surface area contributed by atoms with Crippen molar-refractivity contribution >= 4 is 40.9 Å². The predicted molar refractivity (Wildman–Crippen MR) is 67.4 cm³/mol. The second-order valence-electron chi connectivity index (χ2n) is 2.82. The highest BCUT2D eigenvalue weighted by Gasteiger charge is 2.10. The van der Waals surface area contributed by atoms with Gasteiger partial charge in [-0.2, -0.15) is 8.78 Å². The average Bonchev–Trinajstić information content (AvgIpc) is 2.67. The minimum atomic E-state index is -2.28. The standard InChI is InChI=1S/C9H8ClF3N2OS2/c1-16-14-4-6-7(10)15-9(18-6)17-3-2-5(11)8(12)13/h4H,2-3H2,1H3. The monoisotopic (exact) mass is 316 g/mol. The van der Waals surface area contributed by atoms with Gasteiger partial charge in [-0.05, 0) is 0 Å². The number of hydrogen-bond acceptors (Lipinski definition) is 5. The number of rotatable bonds is 6. The molecule has 0 N–H and O–H groups in total. The summed E-state index contributed by atoms with van der Waals surface area (Å²) >= 11 is 8.18. The van der Waals surface area contributed by atoms with Crippen LogP contribution in [0.15, 0.2) is 21.4 Å². The summed E-state index contributed by atoms with van der Waals surface area (Å²) in [5.41, 5.74) is 0. The number of thioether (sulfide) groups is 1. The summed E-state index contributed by atoms with van der Waals surface area (Å²) in [6.07, 6.45) is -1.22. The first kappa shape index (κ1) is 15.3. The number of allylic oxidation sites excluding steroid dienone is 1. The summed E-state index contributed by atoms with van der Waals surface area (Å²) in [6, 6.07) is 0. The van der Waals surface area contributed by atoms with Gasteiger partial charge >= 0.3 is 6.08 Å². The molecule has 0 spiro atoms. The van der Waals surface area contributed by atoms with Gasteiger partial charge in [-0.25, -0.2) is 9.37 Å². The third kappa shape index (κ3) is 4.87. The van der Waals surface area contributed by atoms with E-state index >= 15 is 0 Å². The Hall–Kier alpha value is -0.730. The van der Waals surface area contributed by atoms with E-state index in [1.54, 1.807) is 0 Å². The third-order valence-corrected chi connectivity index (χ3v) is 4.15. The van der Waals surface area contributed by atoms with E-state index in [-0.39, 0.29) is 17.3 Å². The summed E-state index contributed by atoms with van der Waals surface area (Å²) in [4.78, 5) is 9.06. The van der Waals surface area contributed by atoms with E-state index in [2.05, 4.69) is 15.0 Å². The van der Waals surface area contributed by atoms with Crippen LogP contribution in [0, 0.1) is 0 Å². The van der Waals surface area contributed by atoms with Crippen molar-refractivity contribution in [1.82, 2.24) is 4.98 Å². The number of oxime groups is 1. The van der Waals surface area contributed by atoms with Gasteiger partial charge < -0.3 is 4.84 Å². The van der Waals surface area contributed by atoms with Crippen LogP contribution in [0.1, 0.15) is 11.3 Å². The van der Waals surface area contributed by atoms with Crippen LogP contribution < -0.4 is 0 Å². The van der Waals surface area contributed by atoms with Gasteiger partial charge in [0, 0.05) is 12.2 Å². The Morgan fingerprint density at radius 1 is 1.56 bits per heavy atom. The fourth-order valence-corrected chi connectivity index (χ4v) is 3.13. The Morgan fingerprint density at radius 3 is 2.89 bits per heavy atom. The number of nitrogens with zero attached hydrogens (tertiary/aromatic N) is 2. The van der Waals surface area contributed by atoms with Crippen molar-refractivity contribution in [2.75, 3.05) is 12.9 Å². The number of thiazole rings is 1. The summed E-state index contributed by atoms with van der Waals surface area (Å²) in [6.45, 7) is 0. The zero-order valence-electron chi connectivity index (χ0n) is 9.12. The number of aromatic nitrogens is 1. The molecule has 0 saturated heterocycles. The zero-order valence-corrected chi connectivity index (χ0v) is 11.5. The smallest absolute Gasteiger partial charge is 0.301 e. The first-order valence-corrected chi connectivity index (χ1v) is 6.78. The van der Waals surface area contributed by atoms with Crippen molar-refractivity contribution in [2.24, 2.45) is 5.16 Å². The van der Waals surface area contributed by atoms with Gasteiger partial charge in [0.05, 0.1) is 11.1 Å². The average molecular weight is 317 g/mol. The van der Waals surface area contributed by atoms with Crippen LogP contribution >= 0.6 is 34.7 Å². The Labute approximate surface area is 115 Å². The Morgan fingerprint density at radius 2 is 2.28 bits per heavy atom. The molecule has 0 unspecified atom stereocenters. The molecule has 9 heteroatoms. The molecule has 0 atom stereocenters. The molecule has 0 saturated carbocycles. The van der Waals surface area contributed by atoms with Crippen LogP contribution in [0.3, 0.4) is 0 Å². The predicted octanol–water partition coefficient (Wildman–Crippen LogP) is 4.34. The fourth-order valence-electron chi connectivity index (χ4n) is 0.859. The quantitative estimate of drug-likeness (QED) is 0.445. The fraction of sp³-hybridized carbons (Fsp3) is 0.333. The Kier molecular flexibility index (Phi) is 6.51. The van der Waals surface area contributed by atoms with Crippen molar-refractivity contribution < 1.29 is 18.0 Å². The highest BCUT2D eigenvalue weighted by Crippen LogP contribution is 2.30. The van der Waals surface area contributed by atoms with E-state index in [0.717, 1.165) is 11.8 Å². The zero-order chi connectivity index (χ0) is 13.5. The maximum Gasteiger partial charge on any atom is 0.301 e. The van der Waals surface area contributed by atoms with Crippen molar-refractivity contribution in [2.45, 2.75) is 10.8 Å². The van der Waals surface area contributed by atoms with Crippen LogP contribution in [0.25, 0.3) is 0 Å². The van der Waals surface area contributed by atoms with Gasteiger partial charge in [0.25, 0.3) is 0 Å². The summed E-state index contributed by atoms with van der Waals surface area (Å²) < 4.78 is 36.7. The van der Waals surface area contributed by atoms with Crippen LogP contribution in [-0.4, -0.2) is 24.1 Å². The van der Waals surface area contributed by atoms with Gasteiger partial charge in [-0.3, -0.25) is 0 Å². The highest BCUT2D eigenvalue weighted by atomic mass is 35.5.